The van der Waals surface area contributed by atoms with Crippen LogP contribution in [0.2, 0.25) is 0 Å². The van der Waals surface area contributed by atoms with Gasteiger partial charge in [0.25, 0.3) is 0 Å². The van der Waals surface area contributed by atoms with Gasteiger partial charge in [0.05, 0.1) is 16.7 Å². The van der Waals surface area contributed by atoms with Gasteiger partial charge in [0.15, 0.2) is 0 Å². The Labute approximate surface area is 308 Å². The number of nitrogens with zero attached hydrogens (tertiary/aromatic N) is 2. The molecule has 0 saturated heterocycles. The van der Waals surface area contributed by atoms with E-state index in [1.165, 1.54) is 93.7 Å². The molecule has 1 heterocycles. The molecular weight excluding hydrogens is 641 g/mol. The van der Waals surface area contributed by atoms with Gasteiger partial charge in [-0.1, -0.05) is 115 Å². The third-order valence-corrected chi connectivity index (χ3v) is 11.2. The second-order valence-electron chi connectivity index (χ2n) is 14.2. The van der Waals surface area contributed by atoms with Crippen LogP contribution in [0.15, 0.2) is 188 Å². The Balaban J connectivity index is 1.04. The first kappa shape index (κ1) is 29.8. The topological polar surface area (TPSA) is 8.17 Å². The summed E-state index contributed by atoms with van der Waals surface area (Å²) in [7, 11) is 0. The first-order chi connectivity index (χ1) is 26.2. The number of hydrogen-bond donors (Lipinski definition) is 0. The van der Waals surface area contributed by atoms with Gasteiger partial charge in [-0.2, -0.15) is 0 Å². The van der Waals surface area contributed by atoms with Crippen molar-refractivity contribution >= 4 is 60.4 Å². The third kappa shape index (κ3) is 4.59. The molecule has 0 radical (unpaired) electrons. The summed E-state index contributed by atoms with van der Waals surface area (Å²) in [6.45, 7) is 2.20. The Bertz CT molecular complexity index is 3020. The Kier molecular flexibility index (Phi) is 6.50. The van der Waals surface area contributed by atoms with Crippen LogP contribution in [0, 0.1) is 6.92 Å². The van der Waals surface area contributed by atoms with Crippen molar-refractivity contribution < 1.29 is 0 Å². The molecule has 53 heavy (non-hydrogen) atoms. The van der Waals surface area contributed by atoms with Crippen molar-refractivity contribution in [1.29, 1.82) is 0 Å². The summed E-state index contributed by atoms with van der Waals surface area (Å²) in [6, 6.07) is 69.0. The molecule has 0 N–H and O–H groups in total. The van der Waals surface area contributed by atoms with Crippen molar-refractivity contribution in [2.75, 3.05) is 4.90 Å². The number of fused-ring (bicyclic) bond motifs is 9. The maximum absolute atomic E-state index is 2.42. The average molecular weight is 675 g/mol. The van der Waals surface area contributed by atoms with E-state index in [9.17, 15) is 0 Å². The predicted molar refractivity (Wildman–Crippen MR) is 225 cm³/mol. The molecule has 11 rings (SSSR count). The molecule has 2 heteroatoms. The number of aromatic nitrogens is 1. The zero-order chi connectivity index (χ0) is 35.0. The van der Waals surface area contributed by atoms with Gasteiger partial charge in [-0.15, -0.1) is 0 Å². The monoisotopic (exact) mass is 674 g/mol. The van der Waals surface area contributed by atoms with Gasteiger partial charge in [-0.25, -0.2) is 0 Å². The molecule has 1 aliphatic carbocycles. The Morgan fingerprint density at radius 2 is 0.906 bits per heavy atom. The van der Waals surface area contributed by atoms with Crippen molar-refractivity contribution in [1.82, 2.24) is 4.57 Å². The minimum Gasteiger partial charge on any atom is -0.310 e. The van der Waals surface area contributed by atoms with Gasteiger partial charge < -0.3 is 9.47 Å². The Morgan fingerprint density at radius 3 is 1.58 bits per heavy atom. The lowest BCUT2D eigenvalue weighted by Gasteiger charge is -2.30. The summed E-state index contributed by atoms with van der Waals surface area (Å²) in [6.07, 6.45) is 0. The van der Waals surface area contributed by atoms with Crippen LogP contribution in [0.4, 0.5) is 17.1 Å². The fourth-order valence-corrected chi connectivity index (χ4v) is 8.63. The zero-order valence-corrected chi connectivity index (χ0v) is 29.3. The molecule has 2 nitrogen and oxygen atoms in total. The second-order valence-corrected chi connectivity index (χ2v) is 14.2. The van der Waals surface area contributed by atoms with E-state index in [1.54, 1.807) is 0 Å². The third-order valence-electron chi connectivity index (χ3n) is 11.2. The van der Waals surface area contributed by atoms with Crippen molar-refractivity contribution in [3.63, 3.8) is 0 Å². The molecule has 0 saturated carbocycles. The van der Waals surface area contributed by atoms with E-state index in [4.69, 9.17) is 0 Å². The van der Waals surface area contributed by atoms with Gasteiger partial charge in [0, 0.05) is 33.4 Å². The van der Waals surface area contributed by atoms with Gasteiger partial charge in [0.2, 0.25) is 0 Å². The molecule has 10 aromatic rings. The van der Waals surface area contributed by atoms with Crippen molar-refractivity contribution in [3.8, 4) is 39.1 Å². The highest BCUT2D eigenvalue weighted by Gasteiger charge is 2.25. The van der Waals surface area contributed by atoms with Crippen molar-refractivity contribution in [2.24, 2.45) is 0 Å². The molecule has 0 unspecified atom stereocenters. The summed E-state index contributed by atoms with van der Waals surface area (Å²) < 4.78 is 2.41. The van der Waals surface area contributed by atoms with Gasteiger partial charge in [-0.05, 0) is 135 Å². The standard InChI is InChI=1S/C51H34N2/c1-33-13-5-9-19-48(33)52(49-20-10-6-16-41(49)34-14-3-2-4-15-34)39-25-23-35-29-44-45-30-36-24-26-40(28-38(36)32-47(45)46(44)31-37(35)27-39)53-50-21-11-7-17-42(50)43-18-8-12-22-51(43)53/h2-32H,1H3. The molecular formula is C51H34N2. The highest BCUT2D eigenvalue weighted by atomic mass is 15.1. The average Bonchev–Trinajstić information content (AvgIpc) is 3.55. The molecule has 248 valence electrons. The minimum atomic E-state index is 1.14. The van der Waals surface area contributed by atoms with Crippen molar-refractivity contribution in [2.45, 2.75) is 6.92 Å². The van der Waals surface area contributed by atoms with Crippen LogP contribution in [-0.2, 0) is 0 Å². The molecule has 0 bridgehead atoms. The fraction of sp³-hybridized carbons (Fsp3) is 0.0196. The summed E-state index contributed by atoms with van der Waals surface area (Å²) in [4.78, 5) is 2.42. The minimum absolute atomic E-state index is 1.14. The second kappa shape index (κ2) is 11.6. The first-order valence-electron chi connectivity index (χ1n) is 18.3. The zero-order valence-electron chi connectivity index (χ0n) is 29.3. The summed E-state index contributed by atoms with van der Waals surface area (Å²) in [5.41, 5.74) is 16.1. The quantitative estimate of drug-likeness (QED) is 0.176. The fourth-order valence-electron chi connectivity index (χ4n) is 8.63. The van der Waals surface area contributed by atoms with Crippen LogP contribution in [0.1, 0.15) is 5.56 Å². The van der Waals surface area contributed by atoms with Gasteiger partial charge in [0.1, 0.15) is 0 Å². The number of aryl methyl sites for hydroxylation is 1. The predicted octanol–water partition coefficient (Wildman–Crippen LogP) is 14.2. The van der Waals surface area contributed by atoms with E-state index in [0.29, 0.717) is 0 Å². The molecule has 0 spiro atoms. The largest absolute Gasteiger partial charge is 0.310 e. The van der Waals surface area contributed by atoms with E-state index in [0.717, 1.165) is 11.4 Å². The van der Waals surface area contributed by atoms with Gasteiger partial charge in [-0.3, -0.25) is 0 Å². The maximum atomic E-state index is 2.42. The first-order valence-corrected chi connectivity index (χ1v) is 18.3. The van der Waals surface area contributed by atoms with Crippen LogP contribution < -0.4 is 4.90 Å². The lowest BCUT2D eigenvalue weighted by Crippen LogP contribution is -2.12. The highest BCUT2D eigenvalue weighted by molar-refractivity contribution is 6.13. The van der Waals surface area contributed by atoms with Crippen LogP contribution in [0.25, 0.3) is 82.4 Å². The number of rotatable bonds is 5. The normalized spacial score (nSPS) is 11.9. The van der Waals surface area contributed by atoms with E-state index in [1.807, 2.05) is 0 Å². The summed E-state index contributed by atoms with van der Waals surface area (Å²) >= 11 is 0. The van der Waals surface area contributed by atoms with Crippen LogP contribution in [0.3, 0.4) is 0 Å². The highest BCUT2D eigenvalue weighted by Crippen LogP contribution is 2.51. The molecule has 9 aromatic carbocycles. The molecule has 0 atom stereocenters. The van der Waals surface area contributed by atoms with E-state index < -0.39 is 0 Å². The van der Waals surface area contributed by atoms with Crippen LogP contribution in [-0.4, -0.2) is 4.57 Å². The summed E-state index contributed by atoms with van der Waals surface area (Å²) in [5.74, 6) is 0. The Morgan fingerprint density at radius 1 is 0.377 bits per heavy atom. The smallest absolute Gasteiger partial charge is 0.0541 e. The Hall–Kier alpha value is -6.90. The SMILES string of the molecule is Cc1ccccc1N(c1ccc2cc3c(cc2c1)-c1cc2cc(-n4c5ccccc5c5ccccc54)ccc2cc1-3)c1ccccc1-c1ccccc1. The van der Waals surface area contributed by atoms with E-state index in [2.05, 4.69) is 204 Å². The molecule has 0 aliphatic heterocycles. The number of anilines is 3. The van der Waals surface area contributed by atoms with Gasteiger partial charge >= 0.3 is 0 Å². The lowest BCUT2D eigenvalue weighted by molar-refractivity contribution is 1.19. The number of para-hydroxylation sites is 4. The van der Waals surface area contributed by atoms with Crippen LogP contribution >= 0.6 is 0 Å². The number of hydrogen-bond acceptors (Lipinski definition) is 1. The molecule has 1 aliphatic rings. The molecule has 1 aromatic heterocycles. The molecule has 0 amide bonds. The number of benzene rings is 9. The summed E-state index contributed by atoms with van der Waals surface area (Å²) in [5, 5.41) is 7.57. The van der Waals surface area contributed by atoms with E-state index >= 15 is 0 Å². The maximum Gasteiger partial charge on any atom is 0.0541 e. The lowest BCUT2D eigenvalue weighted by atomic mass is 9.78. The van der Waals surface area contributed by atoms with Crippen LogP contribution in [0.5, 0.6) is 0 Å². The van der Waals surface area contributed by atoms with Crippen molar-refractivity contribution in [3.05, 3.63) is 194 Å². The molecule has 0 fully saturated rings. The van der Waals surface area contributed by atoms with E-state index in [-0.39, 0.29) is 0 Å².